The molecule has 0 aliphatic rings. The molecule has 1 amide bonds. The summed E-state index contributed by atoms with van der Waals surface area (Å²) in [4.78, 5) is 12.9. The minimum atomic E-state index is -3.75. The van der Waals surface area contributed by atoms with Crippen LogP contribution in [-0.4, -0.2) is 20.9 Å². The third-order valence-corrected chi connectivity index (χ3v) is 6.85. The van der Waals surface area contributed by atoms with Crippen LogP contribution < -0.4 is 9.62 Å². The molecular formula is C25H26N2O3S. The van der Waals surface area contributed by atoms with Crippen molar-refractivity contribution >= 4 is 21.6 Å². The second kappa shape index (κ2) is 9.62. The van der Waals surface area contributed by atoms with Crippen LogP contribution in [0.4, 0.5) is 5.69 Å². The minimum Gasteiger partial charge on any atom is -0.346 e. The first-order valence-corrected chi connectivity index (χ1v) is 11.4. The predicted molar refractivity (Wildman–Crippen MR) is 125 cm³/mol. The van der Waals surface area contributed by atoms with E-state index < -0.39 is 10.0 Å². The smallest absolute Gasteiger partial charge is 0.264 e. The average Bonchev–Trinajstić information content (AvgIpc) is 2.78. The molecule has 0 heterocycles. The Labute approximate surface area is 184 Å². The van der Waals surface area contributed by atoms with E-state index in [9.17, 15) is 13.2 Å². The molecule has 0 aromatic heterocycles. The molecule has 3 aromatic carbocycles. The summed E-state index contributed by atoms with van der Waals surface area (Å²) in [7, 11) is -3.75. The van der Waals surface area contributed by atoms with Crippen molar-refractivity contribution in [2.24, 2.45) is 0 Å². The highest BCUT2D eigenvalue weighted by atomic mass is 32.2. The van der Waals surface area contributed by atoms with Crippen LogP contribution >= 0.6 is 0 Å². The molecule has 0 aliphatic heterocycles. The Morgan fingerprint density at radius 2 is 1.61 bits per heavy atom. The van der Waals surface area contributed by atoms with Gasteiger partial charge in [0.15, 0.2) is 0 Å². The van der Waals surface area contributed by atoms with E-state index >= 15 is 0 Å². The number of rotatable bonds is 8. The second-order valence-electron chi connectivity index (χ2n) is 7.24. The molecule has 31 heavy (non-hydrogen) atoms. The number of benzene rings is 3. The Morgan fingerprint density at radius 3 is 2.23 bits per heavy atom. The molecule has 3 rings (SSSR count). The number of carbonyl (C=O) groups is 1. The van der Waals surface area contributed by atoms with Crippen LogP contribution in [0.5, 0.6) is 0 Å². The van der Waals surface area contributed by atoms with Crippen molar-refractivity contribution in [3.05, 3.63) is 108 Å². The van der Waals surface area contributed by atoms with Crippen molar-refractivity contribution in [3.63, 3.8) is 0 Å². The molecule has 0 radical (unpaired) electrons. The third-order valence-electron chi connectivity index (χ3n) is 5.05. The molecule has 1 unspecified atom stereocenters. The van der Waals surface area contributed by atoms with Crippen LogP contribution in [0.15, 0.2) is 96.4 Å². The number of anilines is 1. The molecule has 0 aliphatic carbocycles. The van der Waals surface area contributed by atoms with Gasteiger partial charge in [0, 0.05) is 5.56 Å². The van der Waals surface area contributed by atoms with E-state index in [1.807, 2.05) is 38.1 Å². The SMILES string of the molecule is C=CCN(c1ccc(C(=O)NC(C)c2ccccc2C)cc1)S(=O)(=O)c1ccccc1. The average molecular weight is 435 g/mol. The lowest BCUT2D eigenvalue weighted by Crippen LogP contribution is -2.31. The number of carbonyl (C=O) groups excluding carboxylic acids is 1. The van der Waals surface area contributed by atoms with Gasteiger partial charge in [-0.25, -0.2) is 8.42 Å². The zero-order valence-corrected chi connectivity index (χ0v) is 18.5. The van der Waals surface area contributed by atoms with E-state index in [1.54, 1.807) is 54.6 Å². The zero-order chi connectivity index (χ0) is 22.4. The summed E-state index contributed by atoms with van der Waals surface area (Å²) in [6, 6.07) is 22.5. The topological polar surface area (TPSA) is 66.5 Å². The standard InChI is InChI=1S/C25H26N2O3S/c1-4-18-27(31(29,30)23-11-6-5-7-12-23)22-16-14-21(15-17-22)25(28)26-20(3)24-13-9-8-10-19(24)2/h4-17,20H,1,18H2,2-3H3,(H,26,28). The van der Waals surface area contributed by atoms with E-state index in [-0.39, 0.29) is 23.4 Å². The van der Waals surface area contributed by atoms with Gasteiger partial charge in [-0.15, -0.1) is 6.58 Å². The fourth-order valence-corrected chi connectivity index (χ4v) is 4.85. The first kappa shape index (κ1) is 22.3. The van der Waals surface area contributed by atoms with E-state index in [0.29, 0.717) is 11.3 Å². The summed E-state index contributed by atoms with van der Waals surface area (Å²) in [6.45, 7) is 7.74. The number of hydrogen-bond donors (Lipinski definition) is 1. The minimum absolute atomic E-state index is 0.118. The van der Waals surface area contributed by atoms with Crippen LogP contribution in [0.1, 0.15) is 34.5 Å². The van der Waals surface area contributed by atoms with Gasteiger partial charge in [-0.2, -0.15) is 0 Å². The number of sulfonamides is 1. The Balaban J connectivity index is 1.81. The monoisotopic (exact) mass is 434 g/mol. The van der Waals surface area contributed by atoms with E-state index in [2.05, 4.69) is 11.9 Å². The number of nitrogens with zero attached hydrogens (tertiary/aromatic N) is 1. The first-order chi connectivity index (χ1) is 14.8. The quantitative estimate of drug-likeness (QED) is 0.515. The predicted octanol–water partition coefficient (Wildman–Crippen LogP) is 4.87. The van der Waals surface area contributed by atoms with Crippen molar-refractivity contribution in [2.75, 3.05) is 10.8 Å². The Hall–Kier alpha value is -3.38. The summed E-state index contributed by atoms with van der Waals surface area (Å²) < 4.78 is 27.4. The van der Waals surface area contributed by atoms with Crippen LogP contribution in [0.3, 0.4) is 0 Å². The number of aryl methyl sites for hydroxylation is 1. The molecule has 0 spiro atoms. The fraction of sp³-hybridized carbons (Fsp3) is 0.160. The summed E-state index contributed by atoms with van der Waals surface area (Å²) in [6.07, 6.45) is 1.53. The molecule has 6 heteroatoms. The fourth-order valence-electron chi connectivity index (χ4n) is 3.39. The van der Waals surface area contributed by atoms with Gasteiger partial charge in [0.2, 0.25) is 0 Å². The maximum Gasteiger partial charge on any atom is 0.264 e. The van der Waals surface area contributed by atoms with Crippen LogP contribution in [0.2, 0.25) is 0 Å². The molecule has 0 saturated carbocycles. The second-order valence-corrected chi connectivity index (χ2v) is 9.10. The van der Waals surface area contributed by atoms with Crippen LogP contribution in [0.25, 0.3) is 0 Å². The number of nitrogens with one attached hydrogen (secondary N) is 1. The molecular weight excluding hydrogens is 408 g/mol. The maximum absolute atomic E-state index is 13.1. The Morgan fingerprint density at radius 1 is 1.00 bits per heavy atom. The molecule has 1 atom stereocenters. The van der Waals surface area contributed by atoms with Gasteiger partial charge < -0.3 is 5.32 Å². The van der Waals surface area contributed by atoms with Gasteiger partial charge in [0.25, 0.3) is 15.9 Å². The summed E-state index contributed by atoms with van der Waals surface area (Å²) in [5.74, 6) is -0.219. The normalized spacial score (nSPS) is 12.1. The lowest BCUT2D eigenvalue weighted by Gasteiger charge is -2.23. The Bertz CT molecular complexity index is 1160. The van der Waals surface area contributed by atoms with Gasteiger partial charge in [-0.3, -0.25) is 9.10 Å². The molecule has 1 N–H and O–H groups in total. The van der Waals surface area contributed by atoms with Crippen molar-refractivity contribution in [1.82, 2.24) is 5.32 Å². The highest BCUT2D eigenvalue weighted by Gasteiger charge is 2.24. The molecule has 160 valence electrons. The lowest BCUT2D eigenvalue weighted by atomic mass is 10.0. The van der Waals surface area contributed by atoms with Gasteiger partial charge in [-0.05, 0) is 61.4 Å². The van der Waals surface area contributed by atoms with Gasteiger partial charge in [0.05, 0.1) is 23.2 Å². The van der Waals surface area contributed by atoms with Crippen molar-refractivity contribution < 1.29 is 13.2 Å². The highest BCUT2D eigenvalue weighted by molar-refractivity contribution is 7.92. The first-order valence-electron chi connectivity index (χ1n) is 9.99. The maximum atomic E-state index is 13.1. The van der Waals surface area contributed by atoms with Crippen molar-refractivity contribution in [1.29, 1.82) is 0 Å². The molecule has 3 aromatic rings. The molecule has 0 bridgehead atoms. The molecule has 0 fully saturated rings. The van der Waals surface area contributed by atoms with E-state index in [1.165, 1.54) is 10.4 Å². The van der Waals surface area contributed by atoms with Gasteiger partial charge in [-0.1, -0.05) is 48.5 Å². The van der Waals surface area contributed by atoms with Crippen LogP contribution in [0, 0.1) is 6.92 Å². The largest absolute Gasteiger partial charge is 0.346 e. The number of amides is 1. The highest BCUT2D eigenvalue weighted by Crippen LogP contribution is 2.24. The lowest BCUT2D eigenvalue weighted by molar-refractivity contribution is 0.0940. The molecule has 0 saturated heterocycles. The van der Waals surface area contributed by atoms with Gasteiger partial charge in [0.1, 0.15) is 0 Å². The third kappa shape index (κ3) is 5.03. The van der Waals surface area contributed by atoms with E-state index in [4.69, 9.17) is 0 Å². The van der Waals surface area contributed by atoms with E-state index in [0.717, 1.165) is 11.1 Å². The van der Waals surface area contributed by atoms with Crippen molar-refractivity contribution in [3.8, 4) is 0 Å². The number of hydrogen-bond acceptors (Lipinski definition) is 3. The van der Waals surface area contributed by atoms with Crippen molar-refractivity contribution in [2.45, 2.75) is 24.8 Å². The van der Waals surface area contributed by atoms with Gasteiger partial charge >= 0.3 is 0 Å². The molecule has 5 nitrogen and oxygen atoms in total. The van der Waals surface area contributed by atoms with Crippen LogP contribution in [-0.2, 0) is 10.0 Å². The summed E-state index contributed by atoms with van der Waals surface area (Å²) >= 11 is 0. The summed E-state index contributed by atoms with van der Waals surface area (Å²) in [5.41, 5.74) is 3.09. The summed E-state index contributed by atoms with van der Waals surface area (Å²) in [5, 5.41) is 3.00. The Kier molecular flexibility index (Phi) is 6.92. The zero-order valence-electron chi connectivity index (χ0n) is 17.7.